The van der Waals surface area contributed by atoms with Crippen molar-refractivity contribution in [3.63, 3.8) is 0 Å². The number of carbonyl (C=O) groups excluding carboxylic acids is 1. The van der Waals surface area contributed by atoms with Gasteiger partial charge in [-0.05, 0) is 37.3 Å². The Labute approximate surface area is 120 Å². The summed E-state index contributed by atoms with van der Waals surface area (Å²) in [5.41, 5.74) is 1.53. The zero-order valence-electron chi connectivity index (χ0n) is 9.95. The van der Waals surface area contributed by atoms with Gasteiger partial charge in [0.25, 0.3) is 5.91 Å². The molecule has 0 radical (unpaired) electrons. The highest BCUT2D eigenvalue weighted by Crippen LogP contribution is 2.24. The Morgan fingerprint density at radius 2 is 2.00 bits per heavy atom. The lowest BCUT2D eigenvalue weighted by Crippen LogP contribution is -2.13. The van der Waals surface area contributed by atoms with Gasteiger partial charge in [0.15, 0.2) is 0 Å². The molecule has 0 saturated heterocycles. The second-order valence-electron chi connectivity index (χ2n) is 3.89. The molecule has 0 aliphatic heterocycles. The number of benzene rings is 1. The number of carbonyl (C=O) groups is 1. The fourth-order valence-electron chi connectivity index (χ4n) is 1.51. The Hall–Kier alpha value is -1.78. The van der Waals surface area contributed by atoms with Gasteiger partial charge in [0, 0.05) is 5.56 Å². The van der Waals surface area contributed by atoms with E-state index < -0.39 is 0 Å². The smallest absolute Gasteiger partial charge is 0.255 e. The molecule has 2 rings (SSSR count). The molecule has 0 fully saturated rings. The minimum absolute atomic E-state index is 0.0671. The topological polar surface area (TPSA) is 62.2 Å². The van der Waals surface area contributed by atoms with E-state index in [1.807, 2.05) is 0 Å². The zero-order chi connectivity index (χ0) is 14.0. The number of nitrogens with one attached hydrogen (secondary N) is 1. The first kappa shape index (κ1) is 13.6. The summed E-state index contributed by atoms with van der Waals surface area (Å²) in [6.45, 7) is 1.74. The lowest BCUT2D eigenvalue weighted by Gasteiger charge is -2.08. The number of amides is 1. The number of aryl methyl sites for hydroxylation is 1. The van der Waals surface area contributed by atoms with Crippen molar-refractivity contribution in [3.05, 3.63) is 51.8 Å². The molecule has 1 amide bonds. The molecule has 0 aliphatic rings. The summed E-state index contributed by atoms with van der Waals surface area (Å²) in [5.74, 6) is -0.406. The van der Waals surface area contributed by atoms with Gasteiger partial charge in [0.2, 0.25) is 0 Å². The van der Waals surface area contributed by atoms with E-state index in [1.54, 1.807) is 19.1 Å². The Bertz CT molecular complexity index is 645. The van der Waals surface area contributed by atoms with Crippen LogP contribution >= 0.6 is 23.2 Å². The third-order valence-corrected chi connectivity index (χ3v) is 3.02. The highest BCUT2D eigenvalue weighted by molar-refractivity contribution is 6.32. The Kier molecular flexibility index (Phi) is 3.93. The van der Waals surface area contributed by atoms with Crippen LogP contribution in [-0.4, -0.2) is 16.0 Å². The third kappa shape index (κ3) is 3.16. The number of aromatic hydroxyl groups is 1. The fourth-order valence-corrected chi connectivity index (χ4v) is 1.88. The van der Waals surface area contributed by atoms with Crippen molar-refractivity contribution in [1.82, 2.24) is 4.98 Å². The van der Waals surface area contributed by atoms with E-state index in [4.69, 9.17) is 23.2 Å². The first-order valence-corrected chi connectivity index (χ1v) is 6.16. The number of phenolic OH excluding ortho intramolecular Hbond substituents is 1. The summed E-state index contributed by atoms with van der Waals surface area (Å²) in [4.78, 5) is 16.0. The maximum Gasteiger partial charge on any atom is 0.255 e. The molecule has 0 bridgehead atoms. The van der Waals surface area contributed by atoms with Gasteiger partial charge in [-0.25, -0.2) is 4.98 Å². The maximum absolute atomic E-state index is 12.0. The number of hydrogen-bond donors (Lipinski definition) is 2. The molecule has 98 valence electrons. The molecule has 6 heteroatoms. The average molecular weight is 297 g/mol. The van der Waals surface area contributed by atoms with Crippen molar-refractivity contribution in [2.24, 2.45) is 0 Å². The predicted octanol–water partition coefficient (Wildman–Crippen LogP) is 3.65. The van der Waals surface area contributed by atoms with E-state index in [0.29, 0.717) is 22.1 Å². The van der Waals surface area contributed by atoms with Gasteiger partial charge in [-0.1, -0.05) is 23.2 Å². The summed E-state index contributed by atoms with van der Waals surface area (Å²) in [6.07, 6.45) is 0. The van der Waals surface area contributed by atoms with Gasteiger partial charge in [-0.3, -0.25) is 4.79 Å². The van der Waals surface area contributed by atoms with Crippen molar-refractivity contribution in [2.45, 2.75) is 6.92 Å². The van der Waals surface area contributed by atoms with Crippen molar-refractivity contribution >= 4 is 34.8 Å². The van der Waals surface area contributed by atoms with Gasteiger partial charge in [-0.2, -0.15) is 0 Å². The lowest BCUT2D eigenvalue weighted by molar-refractivity contribution is 0.102. The van der Waals surface area contributed by atoms with Crippen LogP contribution in [0.3, 0.4) is 0 Å². The minimum Gasteiger partial charge on any atom is -0.506 e. The van der Waals surface area contributed by atoms with Crippen LogP contribution in [0.15, 0.2) is 30.3 Å². The molecule has 1 aromatic carbocycles. The van der Waals surface area contributed by atoms with Crippen molar-refractivity contribution < 1.29 is 9.90 Å². The predicted molar refractivity (Wildman–Crippen MR) is 75.1 cm³/mol. The standard InChI is InChI=1S/C13H10Cl2N2O2/c1-7-10(3-5-12(15)16-7)17-13(19)8-2-4-11(18)9(14)6-8/h2-6,18H,1H3,(H,17,19). The van der Waals surface area contributed by atoms with Crippen LogP contribution in [0.2, 0.25) is 10.2 Å². The maximum atomic E-state index is 12.0. The quantitative estimate of drug-likeness (QED) is 0.832. The molecule has 2 N–H and O–H groups in total. The summed E-state index contributed by atoms with van der Waals surface area (Å²) in [6, 6.07) is 7.50. The van der Waals surface area contributed by atoms with E-state index in [2.05, 4.69) is 10.3 Å². The molecule has 1 aromatic heterocycles. The highest BCUT2D eigenvalue weighted by atomic mass is 35.5. The molecule has 0 spiro atoms. The van der Waals surface area contributed by atoms with E-state index >= 15 is 0 Å². The number of rotatable bonds is 2. The van der Waals surface area contributed by atoms with Gasteiger partial charge in [-0.15, -0.1) is 0 Å². The second kappa shape index (κ2) is 5.47. The summed E-state index contributed by atoms with van der Waals surface area (Å²) in [7, 11) is 0. The Balaban J connectivity index is 2.23. The molecule has 0 aliphatic carbocycles. The first-order valence-electron chi connectivity index (χ1n) is 5.40. The van der Waals surface area contributed by atoms with Crippen LogP contribution in [0.1, 0.15) is 16.1 Å². The van der Waals surface area contributed by atoms with Crippen LogP contribution < -0.4 is 5.32 Å². The van der Waals surface area contributed by atoms with Gasteiger partial charge in [0.1, 0.15) is 10.9 Å². The SMILES string of the molecule is Cc1nc(Cl)ccc1NC(=O)c1ccc(O)c(Cl)c1. The number of aromatic nitrogens is 1. The van der Waals surface area contributed by atoms with Crippen molar-refractivity contribution in [1.29, 1.82) is 0 Å². The van der Waals surface area contributed by atoms with Crippen LogP contribution in [-0.2, 0) is 0 Å². The monoisotopic (exact) mass is 296 g/mol. The molecule has 0 atom stereocenters. The molecule has 0 unspecified atom stereocenters. The minimum atomic E-state index is -0.339. The number of halogens is 2. The lowest BCUT2D eigenvalue weighted by atomic mass is 10.2. The molecular formula is C13H10Cl2N2O2. The summed E-state index contributed by atoms with van der Waals surface area (Å²) >= 11 is 11.5. The molecule has 19 heavy (non-hydrogen) atoms. The Morgan fingerprint density at radius 3 is 2.63 bits per heavy atom. The van der Waals surface area contributed by atoms with Gasteiger partial charge < -0.3 is 10.4 Å². The average Bonchev–Trinajstić information content (AvgIpc) is 2.36. The normalized spacial score (nSPS) is 10.3. The van der Waals surface area contributed by atoms with Crippen LogP contribution in [0.25, 0.3) is 0 Å². The van der Waals surface area contributed by atoms with Crippen LogP contribution in [0.4, 0.5) is 5.69 Å². The number of nitrogens with zero attached hydrogens (tertiary/aromatic N) is 1. The van der Waals surface area contributed by atoms with E-state index in [0.717, 1.165) is 0 Å². The number of anilines is 1. The Morgan fingerprint density at radius 1 is 1.26 bits per heavy atom. The van der Waals surface area contributed by atoms with Gasteiger partial charge in [0.05, 0.1) is 16.4 Å². The first-order chi connectivity index (χ1) is 8.97. The fraction of sp³-hybridized carbons (Fsp3) is 0.0769. The zero-order valence-corrected chi connectivity index (χ0v) is 11.5. The number of hydrogen-bond acceptors (Lipinski definition) is 3. The largest absolute Gasteiger partial charge is 0.506 e. The molecule has 1 heterocycles. The third-order valence-electron chi connectivity index (χ3n) is 2.51. The van der Waals surface area contributed by atoms with Crippen molar-refractivity contribution in [2.75, 3.05) is 5.32 Å². The highest BCUT2D eigenvalue weighted by Gasteiger charge is 2.10. The van der Waals surface area contributed by atoms with E-state index in [-0.39, 0.29) is 16.7 Å². The molecule has 4 nitrogen and oxygen atoms in total. The molecule has 2 aromatic rings. The van der Waals surface area contributed by atoms with Crippen molar-refractivity contribution in [3.8, 4) is 5.75 Å². The van der Waals surface area contributed by atoms with Gasteiger partial charge >= 0.3 is 0 Å². The number of pyridine rings is 1. The van der Waals surface area contributed by atoms with Crippen LogP contribution in [0, 0.1) is 6.92 Å². The molecule has 0 saturated carbocycles. The second-order valence-corrected chi connectivity index (χ2v) is 4.68. The summed E-state index contributed by atoms with van der Waals surface area (Å²) in [5, 5.41) is 12.5. The van der Waals surface area contributed by atoms with Crippen LogP contribution in [0.5, 0.6) is 5.75 Å². The number of phenols is 1. The van der Waals surface area contributed by atoms with E-state index in [1.165, 1.54) is 18.2 Å². The van der Waals surface area contributed by atoms with E-state index in [9.17, 15) is 9.90 Å². The molecular weight excluding hydrogens is 287 g/mol. The summed E-state index contributed by atoms with van der Waals surface area (Å²) < 4.78 is 0.